The van der Waals surface area contributed by atoms with Crippen molar-refractivity contribution in [2.45, 2.75) is 38.8 Å². The van der Waals surface area contributed by atoms with Crippen molar-refractivity contribution in [3.63, 3.8) is 0 Å². The fourth-order valence-corrected chi connectivity index (χ4v) is 2.49. The van der Waals surface area contributed by atoms with Gasteiger partial charge >= 0.3 is 0 Å². The predicted molar refractivity (Wildman–Crippen MR) is 70.0 cm³/mol. The Kier molecular flexibility index (Phi) is 3.84. The maximum Gasteiger partial charge on any atom is 0.250 e. The first kappa shape index (κ1) is 12.2. The van der Waals surface area contributed by atoms with Crippen LogP contribution in [0.5, 0.6) is 0 Å². The van der Waals surface area contributed by atoms with E-state index >= 15 is 0 Å². The summed E-state index contributed by atoms with van der Waals surface area (Å²) in [4.78, 5) is 14.1. The van der Waals surface area contributed by atoms with Crippen LogP contribution in [0.1, 0.15) is 26.2 Å². The highest BCUT2D eigenvalue weighted by atomic mass is 16.1. The molecule has 4 nitrogen and oxygen atoms in total. The molecule has 94 valence electrons. The molecular weight excluding hydrogens is 214 g/mol. The molecule has 0 bridgehead atoms. The summed E-state index contributed by atoms with van der Waals surface area (Å²) in [6.07, 6.45) is 5.35. The number of aryl methyl sites for hydroxylation is 1. The van der Waals surface area contributed by atoms with Gasteiger partial charge < -0.3 is 15.2 Å². The summed E-state index contributed by atoms with van der Waals surface area (Å²) in [7, 11) is 0. The third-order valence-electron chi connectivity index (χ3n) is 3.54. The number of rotatable bonds is 4. The van der Waals surface area contributed by atoms with E-state index in [4.69, 9.17) is 5.73 Å². The number of anilines is 1. The Morgan fingerprint density at radius 3 is 2.94 bits per heavy atom. The molecule has 1 unspecified atom stereocenters. The number of nitrogen functional groups attached to an aromatic ring is 1. The van der Waals surface area contributed by atoms with Crippen LogP contribution >= 0.6 is 0 Å². The minimum Gasteiger partial charge on any atom is -0.398 e. The van der Waals surface area contributed by atoms with Gasteiger partial charge in [0.1, 0.15) is 0 Å². The highest BCUT2D eigenvalue weighted by molar-refractivity contribution is 5.33. The predicted octanol–water partition coefficient (Wildman–Crippen LogP) is 1.30. The molecule has 2 N–H and O–H groups in total. The van der Waals surface area contributed by atoms with Gasteiger partial charge in [0, 0.05) is 37.1 Å². The number of hydrogen-bond donors (Lipinski definition) is 1. The van der Waals surface area contributed by atoms with Gasteiger partial charge in [0.15, 0.2) is 0 Å². The van der Waals surface area contributed by atoms with Gasteiger partial charge in [-0.3, -0.25) is 4.79 Å². The van der Waals surface area contributed by atoms with E-state index in [-0.39, 0.29) is 5.56 Å². The Bertz CT molecular complexity index is 427. The van der Waals surface area contributed by atoms with Gasteiger partial charge in [0.2, 0.25) is 0 Å². The second kappa shape index (κ2) is 5.36. The lowest BCUT2D eigenvalue weighted by atomic mass is 10.2. The zero-order valence-corrected chi connectivity index (χ0v) is 10.4. The molecule has 0 saturated carbocycles. The maximum atomic E-state index is 11.6. The van der Waals surface area contributed by atoms with Crippen LogP contribution < -0.4 is 11.3 Å². The molecule has 4 heteroatoms. The van der Waals surface area contributed by atoms with Crippen molar-refractivity contribution in [1.29, 1.82) is 0 Å². The lowest BCUT2D eigenvalue weighted by Gasteiger charge is -2.20. The van der Waals surface area contributed by atoms with Crippen molar-refractivity contribution >= 4 is 5.69 Å². The minimum atomic E-state index is 0.0358. The molecule has 1 aliphatic heterocycles. The summed E-state index contributed by atoms with van der Waals surface area (Å²) < 4.78 is 1.70. The standard InChI is InChI=1S/C13H21N3O/c1-11-4-2-7-15(11)8-3-9-16-10-12(14)5-6-13(16)17/h5-6,10-11H,2-4,7-9,14H2,1H3. The molecule has 1 atom stereocenters. The van der Waals surface area contributed by atoms with Gasteiger partial charge in [0.05, 0.1) is 0 Å². The van der Waals surface area contributed by atoms with E-state index in [2.05, 4.69) is 11.8 Å². The van der Waals surface area contributed by atoms with Crippen molar-refractivity contribution in [2.24, 2.45) is 0 Å². The van der Waals surface area contributed by atoms with Crippen molar-refractivity contribution in [2.75, 3.05) is 18.8 Å². The molecule has 0 radical (unpaired) electrons. The quantitative estimate of drug-likeness (QED) is 0.856. The molecule has 0 spiro atoms. The summed E-state index contributed by atoms with van der Waals surface area (Å²) in [6, 6.07) is 3.89. The van der Waals surface area contributed by atoms with Crippen LogP contribution in [0.3, 0.4) is 0 Å². The van der Waals surface area contributed by atoms with E-state index in [1.54, 1.807) is 16.8 Å². The van der Waals surface area contributed by atoms with E-state index in [9.17, 15) is 4.79 Å². The average Bonchev–Trinajstić information content (AvgIpc) is 2.70. The van der Waals surface area contributed by atoms with Crippen LogP contribution in [0, 0.1) is 0 Å². The van der Waals surface area contributed by atoms with E-state index in [0.717, 1.165) is 19.5 Å². The fourth-order valence-electron chi connectivity index (χ4n) is 2.49. The second-order valence-electron chi connectivity index (χ2n) is 4.87. The number of likely N-dealkylation sites (tertiary alicyclic amines) is 1. The minimum absolute atomic E-state index is 0.0358. The molecule has 2 heterocycles. The highest BCUT2D eigenvalue weighted by Gasteiger charge is 2.18. The van der Waals surface area contributed by atoms with Crippen LogP contribution in [0.15, 0.2) is 23.1 Å². The lowest BCUT2D eigenvalue weighted by molar-refractivity contribution is 0.260. The van der Waals surface area contributed by atoms with Gasteiger partial charge in [-0.1, -0.05) is 0 Å². The highest BCUT2D eigenvalue weighted by Crippen LogP contribution is 2.16. The van der Waals surface area contributed by atoms with E-state index in [1.807, 2.05) is 0 Å². The molecule has 2 rings (SSSR count). The van der Waals surface area contributed by atoms with Crippen molar-refractivity contribution < 1.29 is 0 Å². The van der Waals surface area contributed by atoms with Gasteiger partial charge in [-0.05, 0) is 38.8 Å². The van der Waals surface area contributed by atoms with Crippen LogP contribution in [0.2, 0.25) is 0 Å². The average molecular weight is 235 g/mol. The third kappa shape index (κ3) is 3.09. The molecule has 1 aliphatic rings. The molecular formula is C13H21N3O. The molecule has 0 aliphatic carbocycles. The van der Waals surface area contributed by atoms with Crippen LogP contribution in [0.4, 0.5) is 5.69 Å². The SMILES string of the molecule is CC1CCCN1CCCn1cc(N)ccc1=O. The molecule has 1 aromatic rings. The lowest BCUT2D eigenvalue weighted by Crippen LogP contribution is -2.29. The molecule has 0 aromatic carbocycles. The van der Waals surface area contributed by atoms with Gasteiger partial charge in [-0.2, -0.15) is 0 Å². The first-order valence-corrected chi connectivity index (χ1v) is 6.37. The monoisotopic (exact) mass is 235 g/mol. The zero-order valence-electron chi connectivity index (χ0n) is 10.4. The molecule has 1 fully saturated rings. The van der Waals surface area contributed by atoms with Gasteiger partial charge in [-0.15, -0.1) is 0 Å². The number of aromatic nitrogens is 1. The third-order valence-corrected chi connectivity index (χ3v) is 3.54. The largest absolute Gasteiger partial charge is 0.398 e. The van der Waals surface area contributed by atoms with Crippen LogP contribution in [0.25, 0.3) is 0 Å². The van der Waals surface area contributed by atoms with Crippen molar-refractivity contribution in [3.05, 3.63) is 28.7 Å². The normalized spacial score (nSPS) is 20.9. The zero-order chi connectivity index (χ0) is 12.3. The number of nitrogens with two attached hydrogens (primary N) is 1. The number of pyridine rings is 1. The van der Waals surface area contributed by atoms with E-state index in [0.29, 0.717) is 11.7 Å². The Labute approximate surface area is 102 Å². The number of hydrogen-bond acceptors (Lipinski definition) is 3. The number of nitrogens with zero attached hydrogens (tertiary/aromatic N) is 2. The topological polar surface area (TPSA) is 51.3 Å². The Balaban J connectivity index is 1.85. The summed E-state index contributed by atoms with van der Waals surface area (Å²) in [5, 5.41) is 0. The Morgan fingerprint density at radius 2 is 2.24 bits per heavy atom. The summed E-state index contributed by atoms with van der Waals surface area (Å²) >= 11 is 0. The van der Waals surface area contributed by atoms with Crippen LogP contribution in [-0.4, -0.2) is 28.6 Å². The molecule has 1 saturated heterocycles. The van der Waals surface area contributed by atoms with Crippen molar-refractivity contribution in [3.8, 4) is 0 Å². The van der Waals surface area contributed by atoms with Gasteiger partial charge in [-0.25, -0.2) is 0 Å². The first-order valence-electron chi connectivity index (χ1n) is 6.37. The van der Waals surface area contributed by atoms with Gasteiger partial charge in [0.25, 0.3) is 5.56 Å². The second-order valence-corrected chi connectivity index (χ2v) is 4.87. The fraction of sp³-hybridized carbons (Fsp3) is 0.615. The summed E-state index contributed by atoms with van der Waals surface area (Å²) in [5.74, 6) is 0. The van der Waals surface area contributed by atoms with E-state index in [1.165, 1.54) is 25.5 Å². The van der Waals surface area contributed by atoms with E-state index < -0.39 is 0 Å². The summed E-state index contributed by atoms with van der Waals surface area (Å²) in [5.41, 5.74) is 6.36. The Morgan fingerprint density at radius 1 is 1.41 bits per heavy atom. The molecule has 17 heavy (non-hydrogen) atoms. The molecule has 1 aromatic heterocycles. The molecule has 0 amide bonds. The Hall–Kier alpha value is -1.29. The van der Waals surface area contributed by atoms with Crippen molar-refractivity contribution in [1.82, 2.24) is 9.47 Å². The van der Waals surface area contributed by atoms with Crippen LogP contribution in [-0.2, 0) is 6.54 Å². The maximum absolute atomic E-state index is 11.6. The summed E-state index contributed by atoms with van der Waals surface area (Å²) in [6.45, 7) is 5.31. The first-order chi connectivity index (χ1) is 8.16. The smallest absolute Gasteiger partial charge is 0.250 e.